The number of carbonyl (C=O) groups excluding carboxylic acids is 1. The van der Waals surface area contributed by atoms with E-state index in [1.807, 2.05) is 24.3 Å². The number of nitrogens with one attached hydrogen (secondary N) is 1. The molecule has 0 aliphatic rings. The fourth-order valence-electron chi connectivity index (χ4n) is 1.35. The van der Waals surface area contributed by atoms with Crippen molar-refractivity contribution < 1.29 is 14.3 Å². The lowest BCUT2D eigenvalue weighted by molar-refractivity contribution is -0.142. The number of esters is 1. The third-order valence-corrected chi connectivity index (χ3v) is 2.65. The van der Waals surface area contributed by atoms with E-state index in [2.05, 4.69) is 21.2 Å². The highest BCUT2D eigenvalue weighted by Gasteiger charge is 2.00. The van der Waals surface area contributed by atoms with E-state index in [4.69, 9.17) is 9.47 Å². The summed E-state index contributed by atoms with van der Waals surface area (Å²) in [4.78, 5) is 11.0. The Labute approximate surface area is 116 Å². The summed E-state index contributed by atoms with van der Waals surface area (Å²) < 4.78 is 11.3. The van der Waals surface area contributed by atoms with Crippen LogP contribution in [-0.2, 0) is 9.53 Å². The SMILES string of the molecule is CCOC(=O)CCNCCOc1cccc(Br)c1. The molecule has 0 fully saturated rings. The number of hydrogen-bond donors (Lipinski definition) is 1. The molecule has 0 saturated heterocycles. The maximum absolute atomic E-state index is 11.0. The molecule has 1 N–H and O–H groups in total. The normalized spacial score (nSPS) is 10.1. The van der Waals surface area contributed by atoms with E-state index in [-0.39, 0.29) is 5.97 Å². The molecule has 1 rings (SSSR count). The maximum atomic E-state index is 11.0. The van der Waals surface area contributed by atoms with Crippen molar-refractivity contribution in [2.45, 2.75) is 13.3 Å². The van der Waals surface area contributed by atoms with Crippen molar-refractivity contribution in [3.63, 3.8) is 0 Å². The first-order chi connectivity index (χ1) is 8.72. The fourth-order valence-corrected chi connectivity index (χ4v) is 1.72. The molecular weight excluding hydrogens is 298 g/mol. The van der Waals surface area contributed by atoms with E-state index >= 15 is 0 Å². The molecule has 1 aromatic rings. The molecule has 0 bridgehead atoms. The molecular formula is C13H18BrNO3. The van der Waals surface area contributed by atoms with Crippen LogP contribution in [0.25, 0.3) is 0 Å². The van der Waals surface area contributed by atoms with Gasteiger partial charge >= 0.3 is 5.97 Å². The second kappa shape index (κ2) is 8.94. The minimum atomic E-state index is -0.169. The van der Waals surface area contributed by atoms with Crippen molar-refractivity contribution in [1.82, 2.24) is 5.32 Å². The Morgan fingerprint density at radius 3 is 2.94 bits per heavy atom. The molecule has 100 valence electrons. The largest absolute Gasteiger partial charge is 0.492 e. The first kappa shape index (κ1) is 15.0. The molecule has 4 nitrogen and oxygen atoms in total. The van der Waals surface area contributed by atoms with Crippen molar-refractivity contribution in [2.24, 2.45) is 0 Å². The van der Waals surface area contributed by atoms with E-state index in [0.717, 1.165) is 10.2 Å². The highest BCUT2D eigenvalue weighted by molar-refractivity contribution is 9.10. The summed E-state index contributed by atoms with van der Waals surface area (Å²) in [6, 6.07) is 7.69. The molecule has 0 aliphatic carbocycles. The molecule has 5 heteroatoms. The molecule has 0 atom stereocenters. The standard InChI is InChI=1S/C13H18BrNO3/c1-2-17-13(16)6-7-15-8-9-18-12-5-3-4-11(14)10-12/h3-5,10,15H,2,6-9H2,1H3. The highest BCUT2D eigenvalue weighted by Crippen LogP contribution is 2.17. The lowest BCUT2D eigenvalue weighted by atomic mass is 10.3. The van der Waals surface area contributed by atoms with Crippen LogP contribution in [0.1, 0.15) is 13.3 Å². The van der Waals surface area contributed by atoms with Gasteiger partial charge in [0.1, 0.15) is 12.4 Å². The Kier molecular flexibility index (Phi) is 7.44. The van der Waals surface area contributed by atoms with Gasteiger partial charge < -0.3 is 14.8 Å². The van der Waals surface area contributed by atoms with E-state index < -0.39 is 0 Å². The molecule has 0 aliphatic heterocycles. The van der Waals surface area contributed by atoms with Gasteiger partial charge in [-0.3, -0.25) is 4.79 Å². The first-order valence-electron chi connectivity index (χ1n) is 5.97. The zero-order valence-corrected chi connectivity index (χ0v) is 12.0. The van der Waals surface area contributed by atoms with Gasteiger partial charge in [-0.15, -0.1) is 0 Å². The predicted molar refractivity (Wildman–Crippen MR) is 73.8 cm³/mol. The first-order valence-corrected chi connectivity index (χ1v) is 6.76. The van der Waals surface area contributed by atoms with Crippen molar-refractivity contribution in [2.75, 3.05) is 26.3 Å². The number of rotatable bonds is 8. The molecule has 0 heterocycles. The molecule has 0 spiro atoms. The number of hydrogen-bond acceptors (Lipinski definition) is 4. The second-order valence-corrected chi connectivity index (χ2v) is 4.53. The summed E-state index contributed by atoms with van der Waals surface area (Å²) in [7, 11) is 0. The van der Waals surface area contributed by atoms with E-state index in [1.165, 1.54) is 0 Å². The van der Waals surface area contributed by atoms with Crippen LogP contribution in [-0.4, -0.2) is 32.3 Å². The summed E-state index contributed by atoms with van der Waals surface area (Å²) in [6.45, 7) is 4.12. The van der Waals surface area contributed by atoms with Gasteiger partial charge in [-0.1, -0.05) is 22.0 Å². The van der Waals surface area contributed by atoms with Crippen LogP contribution in [0.4, 0.5) is 0 Å². The quantitative estimate of drug-likeness (QED) is 0.591. The zero-order chi connectivity index (χ0) is 13.2. The minimum absolute atomic E-state index is 0.169. The summed E-state index contributed by atoms with van der Waals surface area (Å²) in [5, 5.41) is 3.12. The third-order valence-electron chi connectivity index (χ3n) is 2.15. The van der Waals surface area contributed by atoms with Crippen molar-refractivity contribution in [1.29, 1.82) is 0 Å². The molecule has 0 aromatic heterocycles. The molecule has 1 aromatic carbocycles. The average molecular weight is 316 g/mol. The maximum Gasteiger partial charge on any atom is 0.307 e. The van der Waals surface area contributed by atoms with Crippen LogP contribution < -0.4 is 10.1 Å². The Bertz CT molecular complexity index is 371. The molecule has 0 unspecified atom stereocenters. The van der Waals surface area contributed by atoms with Crippen LogP contribution in [0.15, 0.2) is 28.7 Å². The van der Waals surface area contributed by atoms with Gasteiger partial charge in [0.05, 0.1) is 13.0 Å². The third kappa shape index (κ3) is 6.61. The molecule has 0 radical (unpaired) electrons. The van der Waals surface area contributed by atoms with Gasteiger partial charge in [0.25, 0.3) is 0 Å². The van der Waals surface area contributed by atoms with Gasteiger partial charge in [0, 0.05) is 17.6 Å². The van der Waals surface area contributed by atoms with E-state index in [1.54, 1.807) is 6.92 Å². The Hall–Kier alpha value is -1.07. The van der Waals surface area contributed by atoms with Crippen LogP contribution in [0.5, 0.6) is 5.75 Å². The van der Waals surface area contributed by atoms with E-state index in [9.17, 15) is 4.79 Å². The van der Waals surface area contributed by atoms with Gasteiger partial charge in [0.2, 0.25) is 0 Å². The molecule has 18 heavy (non-hydrogen) atoms. The van der Waals surface area contributed by atoms with Crippen LogP contribution in [0, 0.1) is 0 Å². The lowest BCUT2D eigenvalue weighted by Crippen LogP contribution is -2.24. The number of halogens is 1. The second-order valence-electron chi connectivity index (χ2n) is 3.61. The summed E-state index contributed by atoms with van der Waals surface area (Å²) in [5.41, 5.74) is 0. The number of benzene rings is 1. The summed E-state index contributed by atoms with van der Waals surface area (Å²) >= 11 is 3.38. The summed E-state index contributed by atoms with van der Waals surface area (Å²) in [6.07, 6.45) is 0.394. The van der Waals surface area contributed by atoms with Crippen LogP contribution in [0.2, 0.25) is 0 Å². The van der Waals surface area contributed by atoms with Gasteiger partial charge in [0.15, 0.2) is 0 Å². The van der Waals surface area contributed by atoms with Gasteiger partial charge in [-0.25, -0.2) is 0 Å². The number of carbonyl (C=O) groups is 1. The highest BCUT2D eigenvalue weighted by atomic mass is 79.9. The van der Waals surface area contributed by atoms with Crippen molar-refractivity contribution >= 4 is 21.9 Å². The van der Waals surface area contributed by atoms with Gasteiger partial charge in [-0.2, -0.15) is 0 Å². The molecule has 0 amide bonds. The Morgan fingerprint density at radius 2 is 2.22 bits per heavy atom. The monoisotopic (exact) mass is 315 g/mol. The van der Waals surface area contributed by atoms with Crippen LogP contribution >= 0.6 is 15.9 Å². The Balaban J connectivity index is 2.04. The minimum Gasteiger partial charge on any atom is -0.492 e. The Morgan fingerprint density at radius 1 is 1.39 bits per heavy atom. The van der Waals surface area contributed by atoms with E-state index in [0.29, 0.717) is 32.7 Å². The predicted octanol–water partition coefficient (Wildman–Crippen LogP) is 2.37. The van der Waals surface area contributed by atoms with Crippen molar-refractivity contribution in [3.8, 4) is 5.75 Å². The average Bonchev–Trinajstić information content (AvgIpc) is 2.34. The summed E-state index contributed by atoms with van der Waals surface area (Å²) in [5.74, 6) is 0.662. The lowest BCUT2D eigenvalue weighted by Gasteiger charge is -2.07. The topological polar surface area (TPSA) is 47.6 Å². The van der Waals surface area contributed by atoms with Crippen molar-refractivity contribution in [3.05, 3.63) is 28.7 Å². The smallest absolute Gasteiger partial charge is 0.307 e. The fraction of sp³-hybridized carbons (Fsp3) is 0.462. The molecule has 0 saturated carbocycles. The van der Waals surface area contributed by atoms with Crippen LogP contribution in [0.3, 0.4) is 0 Å². The number of ether oxygens (including phenoxy) is 2. The van der Waals surface area contributed by atoms with Gasteiger partial charge in [-0.05, 0) is 25.1 Å². The zero-order valence-electron chi connectivity index (χ0n) is 10.4.